The molecule has 0 radical (unpaired) electrons. The fourth-order valence-electron chi connectivity index (χ4n) is 2.65. The van der Waals surface area contributed by atoms with Crippen molar-refractivity contribution in [2.24, 2.45) is 0 Å². The van der Waals surface area contributed by atoms with Gasteiger partial charge >= 0.3 is 0 Å². The van der Waals surface area contributed by atoms with E-state index >= 15 is 0 Å². The van der Waals surface area contributed by atoms with Crippen LogP contribution in [0.25, 0.3) is 22.2 Å². The number of carbonyl (C=O) groups is 1. The molecule has 1 heterocycles. The number of para-hydroxylation sites is 1. The normalized spacial score (nSPS) is 10.8. The molecule has 128 valence electrons. The summed E-state index contributed by atoms with van der Waals surface area (Å²) >= 11 is 5.96. The fourth-order valence-corrected chi connectivity index (χ4v) is 2.77. The molecule has 3 rings (SSSR count). The number of ether oxygens (including phenoxy) is 1. The second-order valence-corrected chi connectivity index (χ2v) is 6.12. The van der Waals surface area contributed by atoms with E-state index in [1.807, 2.05) is 54.6 Å². The maximum atomic E-state index is 12.7. The van der Waals surface area contributed by atoms with Crippen molar-refractivity contribution >= 4 is 28.4 Å². The van der Waals surface area contributed by atoms with Gasteiger partial charge in [-0.15, -0.1) is 0 Å². The number of methoxy groups -OCH3 is 1. The summed E-state index contributed by atoms with van der Waals surface area (Å²) in [5, 5.41) is 4.45. The lowest BCUT2D eigenvalue weighted by atomic mass is 10.0. The summed E-state index contributed by atoms with van der Waals surface area (Å²) < 4.78 is 5.01. The van der Waals surface area contributed by atoms with E-state index in [-0.39, 0.29) is 5.91 Å². The molecule has 5 heteroatoms. The Balaban J connectivity index is 1.98. The van der Waals surface area contributed by atoms with Crippen LogP contribution in [0.3, 0.4) is 0 Å². The summed E-state index contributed by atoms with van der Waals surface area (Å²) in [7, 11) is 1.65. The highest BCUT2D eigenvalue weighted by Crippen LogP contribution is 2.25. The predicted octanol–water partition coefficient (Wildman–Crippen LogP) is 4.32. The molecule has 0 aliphatic carbocycles. The number of amides is 1. The van der Waals surface area contributed by atoms with E-state index in [1.54, 1.807) is 7.11 Å². The Hall–Kier alpha value is -2.43. The molecule has 3 aromatic rings. The van der Waals surface area contributed by atoms with Crippen LogP contribution >= 0.6 is 11.6 Å². The predicted molar refractivity (Wildman–Crippen MR) is 101 cm³/mol. The third-order valence-corrected chi connectivity index (χ3v) is 4.16. The molecule has 1 amide bonds. The first-order valence-electron chi connectivity index (χ1n) is 8.12. The molecule has 0 saturated carbocycles. The molecule has 0 aliphatic heterocycles. The van der Waals surface area contributed by atoms with Crippen molar-refractivity contribution in [3.63, 3.8) is 0 Å². The molecule has 2 aromatic carbocycles. The van der Waals surface area contributed by atoms with E-state index in [0.29, 0.717) is 23.7 Å². The van der Waals surface area contributed by atoms with Gasteiger partial charge in [-0.1, -0.05) is 41.9 Å². The van der Waals surface area contributed by atoms with Crippen LogP contribution in [0.2, 0.25) is 5.02 Å². The van der Waals surface area contributed by atoms with Crippen LogP contribution in [0.1, 0.15) is 16.8 Å². The average Bonchev–Trinajstić information content (AvgIpc) is 2.65. The Morgan fingerprint density at radius 3 is 2.68 bits per heavy atom. The fraction of sp³-hybridized carbons (Fsp3) is 0.200. The number of hydrogen-bond acceptors (Lipinski definition) is 3. The highest BCUT2D eigenvalue weighted by atomic mass is 35.5. The highest BCUT2D eigenvalue weighted by Gasteiger charge is 2.13. The number of aromatic nitrogens is 1. The van der Waals surface area contributed by atoms with Gasteiger partial charge in [0.05, 0.1) is 16.8 Å². The quantitative estimate of drug-likeness (QED) is 0.670. The Kier molecular flexibility index (Phi) is 5.64. The maximum Gasteiger partial charge on any atom is 0.252 e. The van der Waals surface area contributed by atoms with Crippen molar-refractivity contribution in [1.29, 1.82) is 0 Å². The minimum atomic E-state index is -0.107. The van der Waals surface area contributed by atoms with Crippen LogP contribution in [-0.2, 0) is 4.74 Å². The van der Waals surface area contributed by atoms with E-state index < -0.39 is 0 Å². The Morgan fingerprint density at radius 2 is 1.92 bits per heavy atom. The summed E-state index contributed by atoms with van der Waals surface area (Å²) in [5.74, 6) is -0.107. The molecule has 0 spiro atoms. The molecule has 1 N–H and O–H groups in total. The summed E-state index contributed by atoms with van der Waals surface area (Å²) in [4.78, 5) is 17.3. The van der Waals surface area contributed by atoms with Crippen molar-refractivity contribution in [3.8, 4) is 11.3 Å². The molecule has 4 nitrogen and oxygen atoms in total. The lowest BCUT2D eigenvalue weighted by Gasteiger charge is -2.10. The molecular weight excluding hydrogens is 336 g/mol. The number of nitrogens with one attached hydrogen (secondary N) is 1. The number of benzene rings is 2. The van der Waals surface area contributed by atoms with Crippen molar-refractivity contribution in [2.45, 2.75) is 6.42 Å². The second-order valence-electron chi connectivity index (χ2n) is 5.68. The molecule has 0 atom stereocenters. The van der Waals surface area contributed by atoms with Crippen LogP contribution in [0, 0.1) is 0 Å². The SMILES string of the molecule is COCCCNC(=O)c1cc(-c2ccc(Cl)cc2)nc2ccccc12. The minimum Gasteiger partial charge on any atom is -0.385 e. The summed E-state index contributed by atoms with van der Waals surface area (Å²) in [5.41, 5.74) is 3.07. The minimum absolute atomic E-state index is 0.107. The molecule has 0 unspecified atom stereocenters. The number of halogens is 1. The van der Waals surface area contributed by atoms with E-state index in [4.69, 9.17) is 16.3 Å². The number of nitrogens with zero attached hydrogens (tertiary/aromatic N) is 1. The monoisotopic (exact) mass is 354 g/mol. The van der Waals surface area contributed by atoms with Crippen molar-refractivity contribution in [2.75, 3.05) is 20.3 Å². The largest absolute Gasteiger partial charge is 0.385 e. The lowest BCUT2D eigenvalue weighted by molar-refractivity contribution is 0.0950. The number of rotatable bonds is 6. The Morgan fingerprint density at radius 1 is 1.16 bits per heavy atom. The maximum absolute atomic E-state index is 12.7. The van der Waals surface area contributed by atoms with Crippen molar-refractivity contribution in [1.82, 2.24) is 10.3 Å². The smallest absolute Gasteiger partial charge is 0.252 e. The van der Waals surface area contributed by atoms with E-state index in [0.717, 1.165) is 28.6 Å². The zero-order valence-corrected chi connectivity index (χ0v) is 14.7. The summed E-state index contributed by atoms with van der Waals surface area (Å²) in [6.07, 6.45) is 0.773. The number of hydrogen-bond donors (Lipinski definition) is 1. The van der Waals surface area contributed by atoms with Gasteiger partial charge in [-0.25, -0.2) is 4.98 Å². The van der Waals surface area contributed by atoms with E-state index in [2.05, 4.69) is 10.3 Å². The first-order chi connectivity index (χ1) is 12.2. The van der Waals surface area contributed by atoms with Gasteiger partial charge in [0.15, 0.2) is 0 Å². The third-order valence-electron chi connectivity index (χ3n) is 3.91. The number of fused-ring (bicyclic) bond motifs is 1. The molecular formula is C20H19ClN2O2. The molecule has 0 aliphatic rings. The van der Waals surface area contributed by atoms with Crippen LogP contribution < -0.4 is 5.32 Å². The molecule has 0 fully saturated rings. The van der Waals surface area contributed by atoms with Gasteiger partial charge in [-0.05, 0) is 30.7 Å². The summed E-state index contributed by atoms with van der Waals surface area (Å²) in [6, 6.07) is 16.9. The molecule has 0 bridgehead atoms. The zero-order chi connectivity index (χ0) is 17.6. The zero-order valence-electron chi connectivity index (χ0n) is 14.0. The van der Waals surface area contributed by atoms with Crippen molar-refractivity contribution < 1.29 is 9.53 Å². The molecule has 1 aromatic heterocycles. The topological polar surface area (TPSA) is 51.2 Å². The molecule has 0 saturated heterocycles. The number of carbonyl (C=O) groups excluding carboxylic acids is 1. The first kappa shape index (κ1) is 17.4. The Bertz CT molecular complexity index is 879. The van der Waals surface area contributed by atoms with Crippen LogP contribution in [-0.4, -0.2) is 31.2 Å². The second kappa shape index (κ2) is 8.10. The van der Waals surface area contributed by atoms with Crippen LogP contribution in [0.4, 0.5) is 0 Å². The van der Waals surface area contributed by atoms with Gasteiger partial charge in [0, 0.05) is 36.2 Å². The standard InChI is InChI=1S/C20H19ClN2O2/c1-25-12-4-11-22-20(24)17-13-19(14-7-9-15(21)10-8-14)23-18-6-3-2-5-16(17)18/h2-3,5-10,13H,4,11-12H2,1H3,(H,22,24). The van der Waals surface area contributed by atoms with Gasteiger partial charge < -0.3 is 10.1 Å². The van der Waals surface area contributed by atoms with Gasteiger partial charge in [0.2, 0.25) is 0 Å². The van der Waals surface area contributed by atoms with Crippen molar-refractivity contribution in [3.05, 3.63) is 65.2 Å². The lowest BCUT2D eigenvalue weighted by Crippen LogP contribution is -2.25. The third kappa shape index (κ3) is 4.16. The van der Waals surface area contributed by atoms with Gasteiger partial charge in [-0.3, -0.25) is 4.79 Å². The highest BCUT2D eigenvalue weighted by molar-refractivity contribution is 6.30. The van der Waals surface area contributed by atoms with Crippen LogP contribution in [0.15, 0.2) is 54.6 Å². The van der Waals surface area contributed by atoms with Gasteiger partial charge in [-0.2, -0.15) is 0 Å². The van der Waals surface area contributed by atoms with Gasteiger partial charge in [0.25, 0.3) is 5.91 Å². The first-order valence-corrected chi connectivity index (χ1v) is 8.49. The molecule has 25 heavy (non-hydrogen) atoms. The van der Waals surface area contributed by atoms with Gasteiger partial charge in [0.1, 0.15) is 0 Å². The summed E-state index contributed by atoms with van der Waals surface area (Å²) in [6.45, 7) is 1.19. The Labute approximate surface area is 151 Å². The van der Waals surface area contributed by atoms with Crippen LogP contribution in [0.5, 0.6) is 0 Å². The van der Waals surface area contributed by atoms with E-state index in [1.165, 1.54) is 0 Å². The number of pyridine rings is 1. The average molecular weight is 355 g/mol. The van der Waals surface area contributed by atoms with E-state index in [9.17, 15) is 4.79 Å².